The molecule has 1 unspecified atom stereocenters. The molecule has 1 fully saturated rings. The van der Waals surface area contributed by atoms with Crippen LogP contribution < -0.4 is 5.32 Å². The quantitative estimate of drug-likeness (QED) is 0.654. The van der Waals surface area contributed by atoms with Gasteiger partial charge < -0.3 is 15.0 Å². The van der Waals surface area contributed by atoms with Crippen LogP contribution in [0.2, 0.25) is 0 Å². The van der Waals surface area contributed by atoms with E-state index in [-0.39, 0.29) is 24.1 Å². The van der Waals surface area contributed by atoms with Crippen molar-refractivity contribution in [1.82, 2.24) is 4.90 Å². The number of rotatable bonds is 3. The minimum atomic E-state index is -0.591. The van der Waals surface area contributed by atoms with Gasteiger partial charge in [0.25, 0.3) is 5.69 Å². The summed E-state index contributed by atoms with van der Waals surface area (Å²) in [6.07, 6.45) is 0.922. The molecule has 0 spiro atoms. The summed E-state index contributed by atoms with van der Waals surface area (Å²) in [7, 11) is 0. The van der Waals surface area contributed by atoms with Gasteiger partial charge in [0.2, 0.25) is 5.91 Å². The molecule has 142 valence electrons. The number of carbonyl (C=O) groups is 2. The molecule has 8 nitrogen and oxygen atoms in total. The molecule has 2 rings (SSSR count). The fourth-order valence-corrected chi connectivity index (χ4v) is 2.78. The van der Waals surface area contributed by atoms with E-state index in [1.54, 1.807) is 38.7 Å². The summed E-state index contributed by atoms with van der Waals surface area (Å²) in [6.45, 7) is 7.98. The molecular formula is C18H25N3O5. The first-order valence-corrected chi connectivity index (χ1v) is 8.60. The monoisotopic (exact) mass is 363 g/mol. The number of amides is 2. The van der Waals surface area contributed by atoms with E-state index < -0.39 is 16.6 Å². The van der Waals surface area contributed by atoms with Gasteiger partial charge in [-0.25, -0.2) is 4.79 Å². The number of aryl methyl sites for hydroxylation is 1. The standard InChI is InChI=1S/C18H25N3O5/c1-12-7-8-14(21(24)25)10-15(12)19-16(22)13-6-5-9-20(11-13)17(23)26-18(2,3)4/h7-8,10,13H,5-6,9,11H2,1-4H3,(H,19,22). The second-order valence-electron chi connectivity index (χ2n) is 7.51. The third-order valence-corrected chi connectivity index (χ3v) is 4.13. The van der Waals surface area contributed by atoms with Gasteiger partial charge in [-0.2, -0.15) is 0 Å². The maximum atomic E-state index is 12.6. The number of nitro groups is 1. The Morgan fingerprint density at radius 2 is 2.04 bits per heavy atom. The lowest BCUT2D eigenvalue weighted by atomic mass is 9.97. The molecule has 1 saturated heterocycles. The highest BCUT2D eigenvalue weighted by atomic mass is 16.6. The number of nitrogens with one attached hydrogen (secondary N) is 1. The molecule has 1 aromatic rings. The average Bonchev–Trinajstić information content (AvgIpc) is 2.55. The highest BCUT2D eigenvalue weighted by molar-refractivity contribution is 5.94. The second kappa shape index (κ2) is 7.72. The summed E-state index contributed by atoms with van der Waals surface area (Å²) < 4.78 is 5.37. The van der Waals surface area contributed by atoms with Crippen molar-refractivity contribution in [1.29, 1.82) is 0 Å². The summed E-state index contributed by atoms with van der Waals surface area (Å²) in [4.78, 5) is 36.8. The Morgan fingerprint density at radius 3 is 2.65 bits per heavy atom. The summed E-state index contributed by atoms with van der Waals surface area (Å²) in [5, 5.41) is 13.7. The molecule has 1 aromatic carbocycles. The highest BCUT2D eigenvalue weighted by Gasteiger charge is 2.31. The van der Waals surface area contributed by atoms with Crippen molar-refractivity contribution in [2.45, 2.75) is 46.1 Å². The van der Waals surface area contributed by atoms with Crippen LogP contribution in [0.15, 0.2) is 18.2 Å². The molecule has 2 amide bonds. The van der Waals surface area contributed by atoms with Crippen LogP contribution in [-0.2, 0) is 9.53 Å². The number of piperidine rings is 1. The number of likely N-dealkylation sites (tertiary alicyclic amines) is 1. The zero-order chi connectivity index (χ0) is 19.5. The lowest BCUT2D eigenvalue weighted by molar-refractivity contribution is -0.384. The molecule has 1 N–H and O–H groups in total. The molecule has 0 radical (unpaired) electrons. The summed E-state index contributed by atoms with van der Waals surface area (Å²) in [5.41, 5.74) is 0.485. The number of carbonyl (C=O) groups excluding carboxylic acids is 2. The van der Waals surface area contributed by atoms with Crippen LogP contribution in [0, 0.1) is 23.0 Å². The maximum Gasteiger partial charge on any atom is 0.410 e. The van der Waals surface area contributed by atoms with Gasteiger partial charge in [-0.05, 0) is 46.1 Å². The van der Waals surface area contributed by atoms with Crippen molar-refractivity contribution in [3.8, 4) is 0 Å². The van der Waals surface area contributed by atoms with Gasteiger partial charge in [0.05, 0.1) is 16.5 Å². The van der Waals surface area contributed by atoms with Gasteiger partial charge in [-0.1, -0.05) is 6.07 Å². The van der Waals surface area contributed by atoms with Crippen LogP contribution in [0.3, 0.4) is 0 Å². The summed E-state index contributed by atoms with van der Waals surface area (Å²) in [5.74, 6) is -0.628. The molecule has 26 heavy (non-hydrogen) atoms. The van der Waals surface area contributed by atoms with Gasteiger partial charge in [-0.15, -0.1) is 0 Å². The Labute approximate surface area is 152 Å². The zero-order valence-electron chi connectivity index (χ0n) is 15.6. The molecule has 8 heteroatoms. The maximum absolute atomic E-state index is 12.6. The lowest BCUT2D eigenvalue weighted by Gasteiger charge is -2.33. The molecular weight excluding hydrogens is 338 g/mol. The number of anilines is 1. The van der Waals surface area contributed by atoms with Crippen molar-refractivity contribution < 1.29 is 19.2 Å². The van der Waals surface area contributed by atoms with Gasteiger partial charge in [0.15, 0.2) is 0 Å². The third kappa shape index (κ3) is 5.18. The van der Waals surface area contributed by atoms with E-state index in [2.05, 4.69) is 5.32 Å². The van der Waals surface area contributed by atoms with Crippen LogP contribution in [0.1, 0.15) is 39.2 Å². The van der Waals surface area contributed by atoms with Crippen LogP contribution in [-0.4, -0.2) is 40.5 Å². The Kier molecular flexibility index (Phi) is 5.84. The van der Waals surface area contributed by atoms with E-state index in [9.17, 15) is 19.7 Å². The van der Waals surface area contributed by atoms with Crippen molar-refractivity contribution in [2.24, 2.45) is 5.92 Å². The highest BCUT2D eigenvalue weighted by Crippen LogP contribution is 2.25. The van der Waals surface area contributed by atoms with Gasteiger partial charge in [0, 0.05) is 25.2 Å². The van der Waals surface area contributed by atoms with E-state index in [4.69, 9.17) is 4.74 Å². The number of nitrogens with zero attached hydrogens (tertiary/aromatic N) is 2. The number of hydrogen-bond acceptors (Lipinski definition) is 5. The Morgan fingerprint density at radius 1 is 1.35 bits per heavy atom. The lowest BCUT2D eigenvalue weighted by Crippen LogP contribution is -2.45. The van der Waals surface area contributed by atoms with Crippen LogP contribution >= 0.6 is 0 Å². The predicted octanol–water partition coefficient (Wildman–Crippen LogP) is 3.49. The smallest absolute Gasteiger partial charge is 0.410 e. The number of nitro benzene ring substituents is 1. The largest absolute Gasteiger partial charge is 0.444 e. The normalized spacial score (nSPS) is 17.5. The zero-order valence-corrected chi connectivity index (χ0v) is 15.6. The Bertz CT molecular complexity index is 711. The van der Waals surface area contributed by atoms with Crippen LogP contribution in [0.4, 0.5) is 16.2 Å². The first-order chi connectivity index (χ1) is 12.1. The topological polar surface area (TPSA) is 102 Å². The average molecular weight is 363 g/mol. The van der Waals surface area contributed by atoms with Crippen LogP contribution in [0.25, 0.3) is 0 Å². The van der Waals surface area contributed by atoms with Crippen molar-refractivity contribution in [3.63, 3.8) is 0 Å². The summed E-state index contributed by atoms with van der Waals surface area (Å²) >= 11 is 0. The summed E-state index contributed by atoms with van der Waals surface area (Å²) in [6, 6.07) is 4.35. The first kappa shape index (κ1) is 19.7. The number of ether oxygens (including phenoxy) is 1. The van der Waals surface area contributed by atoms with Crippen molar-refractivity contribution in [3.05, 3.63) is 33.9 Å². The van der Waals surface area contributed by atoms with Gasteiger partial charge in [0.1, 0.15) is 5.60 Å². The Balaban J connectivity index is 2.04. The van der Waals surface area contributed by atoms with E-state index in [1.807, 2.05) is 0 Å². The molecule has 0 bridgehead atoms. The molecule has 1 heterocycles. The molecule has 0 aromatic heterocycles. The second-order valence-corrected chi connectivity index (χ2v) is 7.51. The minimum Gasteiger partial charge on any atom is -0.444 e. The minimum absolute atomic E-state index is 0.0788. The van der Waals surface area contributed by atoms with Crippen molar-refractivity contribution in [2.75, 3.05) is 18.4 Å². The van der Waals surface area contributed by atoms with E-state index in [0.717, 1.165) is 5.56 Å². The van der Waals surface area contributed by atoms with Crippen LogP contribution in [0.5, 0.6) is 0 Å². The fourth-order valence-electron chi connectivity index (χ4n) is 2.78. The van der Waals surface area contributed by atoms with E-state index in [1.165, 1.54) is 12.1 Å². The number of benzene rings is 1. The van der Waals surface area contributed by atoms with E-state index >= 15 is 0 Å². The molecule has 0 saturated carbocycles. The molecule has 1 atom stereocenters. The van der Waals surface area contributed by atoms with E-state index in [0.29, 0.717) is 25.1 Å². The van der Waals surface area contributed by atoms with Gasteiger partial charge >= 0.3 is 6.09 Å². The molecule has 1 aliphatic heterocycles. The molecule has 0 aliphatic carbocycles. The van der Waals surface area contributed by atoms with Gasteiger partial charge in [-0.3, -0.25) is 14.9 Å². The molecule has 1 aliphatic rings. The third-order valence-electron chi connectivity index (χ3n) is 4.13. The Hall–Kier alpha value is -2.64. The fraction of sp³-hybridized carbons (Fsp3) is 0.556. The number of non-ortho nitro benzene ring substituents is 1. The predicted molar refractivity (Wildman–Crippen MR) is 97.0 cm³/mol. The van der Waals surface area contributed by atoms with Crippen molar-refractivity contribution >= 4 is 23.4 Å². The number of hydrogen-bond donors (Lipinski definition) is 1. The first-order valence-electron chi connectivity index (χ1n) is 8.60. The SMILES string of the molecule is Cc1ccc([N+](=O)[O-])cc1NC(=O)C1CCCN(C(=O)OC(C)(C)C)C1.